The molecule has 25 heavy (non-hydrogen) atoms. The molecule has 0 N–H and O–H groups in total. The first kappa shape index (κ1) is 19.2. The molecule has 0 saturated carbocycles. The first-order valence-corrected chi connectivity index (χ1v) is 8.82. The first-order valence-electron chi connectivity index (χ1n) is 8.44. The van der Waals surface area contributed by atoms with Crippen LogP contribution in [-0.2, 0) is 11.3 Å². The van der Waals surface area contributed by atoms with Crippen LogP contribution in [0.5, 0.6) is 0 Å². The van der Waals surface area contributed by atoms with Gasteiger partial charge in [0.15, 0.2) is 0 Å². The van der Waals surface area contributed by atoms with Crippen molar-refractivity contribution in [2.75, 3.05) is 13.2 Å². The fraction of sp³-hybridized carbons (Fsp3) is 0.421. The molecule has 0 bridgehead atoms. The summed E-state index contributed by atoms with van der Waals surface area (Å²) in [5, 5.41) is 4.85. The van der Waals surface area contributed by atoms with Gasteiger partial charge in [0.2, 0.25) is 0 Å². The van der Waals surface area contributed by atoms with Gasteiger partial charge in [-0.2, -0.15) is 5.10 Å². The minimum Gasteiger partial charge on any atom is -0.369 e. The number of hydrogen-bond donors (Lipinski definition) is 0. The van der Waals surface area contributed by atoms with Gasteiger partial charge in [0.25, 0.3) is 5.56 Å². The maximum absolute atomic E-state index is 11.9. The number of aromatic nitrogens is 3. The Kier molecular flexibility index (Phi) is 8.17. The highest BCUT2D eigenvalue weighted by Crippen LogP contribution is 2.14. The van der Waals surface area contributed by atoms with Crippen molar-refractivity contribution in [3.8, 4) is 23.2 Å². The number of halogens is 1. The van der Waals surface area contributed by atoms with E-state index in [2.05, 4.69) is 28.8 Å². The Morgan fingerprint density at radius 1 is 1.12 bits per heavy atom. The smallest absolute Gasteiger partial charge is 0.267 e. The summed E-state index contributed by atoms with van der Waals surface area (Å²) in [7, 11) is 0. The molecule has 0 amide bonds. The van der Waals surface area contributed by atoms with E-state index in [9.17, 15) is 4.79 Å². The van der Waals surface area contributed by atoms with Crippen LogP contribution in [0.1, 0.15) is 32.6 Å². The van der Waals surface area contributed by atoms with E-state index in [1.807, 2.05) is 0 Å². The Labute approximate surface area is 153 Å². The van der Waals surface area contributed by atoms with Gasteiger partial charge in [-0.1, -0.05) is 49.6 Å². The highest BCUT2D eigenvalue weighted by atomic mass is 35.5. The normalized spacial score (nSPS) is 10.3. The van der Waals surface area contributed by atoms with Crippen LogP contribution in [0.3, 0.4) is 0 Å². The van der Waals surface area contributed by atoms with E-state index in [4.69, 9.17) is 16.3 Å². The third-order valence-electron chi connectivity index (χ3n) is 3.53. The van der Waals surface area contributed by atoms with E-state index in [0.29, 0.717) is 23.0 Å². The summed E-state index contributed by atoms with van der Waals surface area (Å²) < 4.78 is 6.77. The van der Waals surface area contributed by atoms with Crippen LogP contribution in [0, 0.1) is 11.8 Å². The zero-order chi connectivity index (χ0) is 17.9. The van der Waals surface area contributed by atoms with E-state index < -0.39 is 0 Å². The molecule has 0 spiro atoms. The van der Waals surface area contributed by atoms with Crippen LogP contribution in [0.4, 0.5) is 0 Å². The Morgan fingerprint density at radius 2 is 1.96 bits per heavy atom. The Hall–Kier alpha value is -2.16. The molecule has 0 aliphatic heterocycles. The molecule has 2 aromatic rings. The molecule has 0 radical (unpaired) electrons. The monoisotopic (exact) mass is 359 g/mol. The molecule has 0 aliphatic rings. The zero-order valence-corrected chi connectivity index (χ0v) is 15.1. The van der Waals surface area contributed by atoms with E-state index >= 15 is 0 Å². The summed E-state index contributed by atoms with van der Waals surface area (Å²) in [6.45, 7) is 3.50. The third-order valence-corrected chi connectivity index (χ3v) is 3.75. The van der Waals surface area contributed by atoms with Gasteiger partial charge < -0.3 is 4.74 Å². The minimum atomic E-state index is -0.201. The fourth-order valence-electron chi connectivity index (χ4n) is 2.16. The molecule has 6 heteroatoms. The standard InChI is InChI=1S/C19H22ClN3O2/c1-2-3-4-6-13-25-14-7-5-12-23-19(24)11-10-18(22-23)17-9-8-16(20)15-21-17/h8-11,15H,2-4,6,12-14H2,1H3. The van der Waals surface area contributed by atoms with Gasteiger partial charge in [-0.25, -0.2) is 4.68 Å². The molecule has 5 nitrogen and oxygen atoms in total. The van der Waals surface area contributed by atoms with E-state index in [1.165, 1.54) is 30.0 Å². The molecule has 2 rings (SSSR count). The Balaban J connectivity index is 1.88. The number of unbranched alkanes of at least 4 members (excludes halogenated alkanes) is 3. The van der Waals surface area contributed by atoms with Crippen molar-refractivity contribution in [1.82, 2.24) is 14.8 Å². The van der Waals surface area contributed by atoms with Crippen LogP contribution in [0.25, 0.3) is 11.4 Å². The predicted molar refractivity (Wildman–Crippen MR) is 99.5 cm³/mol. The maximum Gasteiger partial charge on any atom is 0.267 e. The number of pyridine rings is 1. The number of ether oxygens (including phenoxy) is 1. The second-order valence-corrected chi connectivity index (χ2v) is 5.98. The lowest BCUT2D eigenvalue weighted by Gasteiger charge is -2.03. The van der Waals surface area contributed by atoms with Gasteiger partial charge in [-0.15, -0.1) is 0 Å². The molecular formula is C19H22ClN3O2. The second kappa shape index (κ2) is 10.7. The fourth-order valence-corrected chi connectivity index (χ4v) is 2.27. The molecule has 0 saturated heterocycles. The molecule has 0 fully saturated rings. The van der Waals surface area contributed by atoms with Crippen LogP contribution < -0.4 is 5.56 Å². The van der Waals surface area contributed by atoms with Gasteiger partial charge in [-0.3, -0.25) is 9.78 Å². The summed E-state index contributed by atoms with van der Waals surface area (Å²) in [5.74, 6) is 5.83. The lowest BCUT2D eigenvalue weighted by atomic mass is 10.2. The minimum absolute atomic E-state index is 0.201. The molecule has 0 aliphatic carbocycles. The largest absolute Gasteiger partial charge is 0.369 e. The molecule has 0 unspecified atom stereocenters. The summed E-state index contributed by atoms with van der Waals surface area (Å²) in [6.07, 6.45) is 6.25. The van der Waals surface area contributed by atoms with E-state index in [-0.39, 0.29) is 12.1 Å². The maximum atomic E-state index is 11.9. The second-order valence-electron chi connectivity index (χ2n) is 5.54. The van der Waals surface area contributed by atoms with Crippen molar-refractivity contribution in [1.29, 1.82) is 0 Å². The molecule has 0 atom stereocenters. The Morgan fingerprint density at radius 3 is 2.72 bits per heavy atom. The highest BCUT2D eigenvalue weighted by Gasteiger charge is 2.04. The summed E-state index contributed by atoms with van der Waals surface area (Å²) >= 11 is 5.83. The number of hydrogen-bond acceptors (Lipinski definition) is 4. The van der Waals surface area contributed by atoms with Gasteiger partial charge in [0, 0.05) is 18.9 Å². The van der Waals surface area contributed by atoms with Crippen molar-refractivity contribution >= 4 is 11.6 Å². The third kappa shape index (κ3) is 6.69. The van der Waals surface area contributed by atoms with Crippen LogP contribution in [0.15, 0.2) is 35.3 Å². The number of nitrogens with zero attached hydrogens (tertiary/aromatic N) is 3. The van der Waals surface area contributed by atoms with Crippen molar-refractivity contribution < 1.29 is 4.74 Å². The lowest BCUT2D eigenvalue weighted by molar-refractivity contribution is 0.162. The van der Waals surface area contributed by atoms with Crippen molar-refractivity contribution in [3.05, 3.63) is 45.8 Å². The number of rotatable bonds is 8. The average molecular weight is 360 g/mol. The van der Waals surface area contributed by atoms with Gasteiger partial charge in [-0.05, 0) is 24.6 Å². The summed E-state index contributed by atoms with van der Waals surface area (Å²) in [4.78, 5) is 16.1. The SMILES string of the molecule is CCCCCCOCC#CCn1nc(-c2ccc(Cl)cn2)ccc1=O. The quantitative estimate of drug-likeness (QED) is 0.534. The summed E-state index contributed by atoms with van der Waals surface area (Å²) in [6, 6.07) is 6.60. The van der Waals surface area contributed by atoms with Crippen molar-refractivity contribution in [2.24, 2.45) is 0 Å². The first-order chi connectivity index (χ1) is 12.2. The molecule has 0 aromatic carbocycles. The van der Waals surface area contributed by atoms with Crippen molar-refractivity contribution in [2.45, 2.75) is 39.2 Å². The predicted octanol–water partition coefficient (Wildman–Crippen LogP) is 3.56. The lowest BCUT2D eigenvalue weighted by Crippen LogP contribution is -2.21. The van der Waals surface area contributed by atoms with E-state index in [1.54, 1.807) is 24.4 Å². The average Bonchev–Trinajstić information content (AvgIpc) is 2.62. The van der Waals surface area contributed by atoms with Gasteiger partial charge in [0.05, 0.1) is 10.7 Å². The van der Waals surface area contributed by atoms with Gasteiger partial charge >= 0.3 is 0 Å². The molecule has 2 aromatic heterocycles. The Bertz CT molecular complexity index is 776. The van der Waals surface area contributed by atoms with Crippen molar-refractivity contribution in [3.63, 3.8) is 0 Å². The molecule has 132 valence electrons. The van der Waals surface area contributed by atoms with Crippen LogP contribution in [0.2, 0.25) is 5.02 Å². The highest BCUT2D eigenvalue weighted by molar-refractivity contribution is 6.30. The summed E-state index contributed by atoms with van der Waals surface area (Å²) in [5.41, 5.74) is 1.05. The van der Waals surface area contributed by atoms with Gasteiger partial charge in [0.1, 0.15) is 18.8 Å². The van der Waals surface area contributed by atoms with Crippen LogP contribution in [-0.4, -0.2) is 28.0 Å². The van der Waals surface area contributed by atoms with E-state index in [0.717, 1.165) is 13.0 Å². The molecular weight excluding hydrogens is 338 g/mol. The zero-order valence-electron chi connectivity index (χ0n) is 14.4. The molecule has 2 heterocycles. The topological polar surface area (TPSA) is 57.0 Å². The van der Waals surface area contributed by atoms with Crippen LogP contribution >= 0.6 is 11.6 Å².